The zero-order valence-corrected chi connectivity index (χ0v) is 20.1. The summed E-state index contributed by atoms with van der Waals surface area (Å²) < 4.78 is 2.19. The summed E-state index contributed by atoms with van der Waals surface area (Å²) in [4.78, 5) is 31.2. The average molecular weight is 539 g/mol. The molecule has 0 aromatic carbocycles. The SMILES string of the molecule is CN=C(NCCCN1C(=O)C2C3C=CC(C3)C2C1=O)NCc1nnc2n1CCCC2.I. The lowest BCUT2D eigenvalue weighted by molar-refractivity contribution is -0.140. The third kappa shape index (κ3) is 3.98. The molecule has 2 amide bonds. The number of carbonyl (C=O) groups is 2. The standard InChI is InChI=1S/C21H29N7O2.HI/c1-22-21(24-12-16-26-25-15-5-2-3-9-27(15)16)23-8-4-10-28-19(29)17-13-6-7-14(11-13)18(17)20(28)30;/h6-7,13-14,17-18H,2-5,8-12H2,1H3,(H2,22,23,24);1H. The predicted octanol–water partition coefficient (Wildman–Crippen LogP) is 1.09. The van der Waals surface area contributed by atoms with Crippen LogP contribution in [0.2, 0.25) is 0 Å². The summed E-state index contributed by atoms with van der Waals surface area (Å²) in [5.74, 6) is 3.05. The Balaban J connectivity index is 0.00000231. The van der Waals surface area contributed by atoms with Crippen LogP contribution in [0.15, 0.2) is 17.1 Å². The summed E-state index contributed by atoms with van der Waals surface area (Å²) in [5, 5.41) is 15.1. The van der Waals surface area contributed by atoms with Gasteiger partial charge in [-0.05, 0) is 37.5 Å². The van der Waals surface area contributed by atoms with Gasteiger partial charge in [-0.25, -0.2) is 0 Å². The maximum Gasteiger partial charge on any atom is 0.233 e. The Morgan fingerprint density at radius 3 is 2.58 bits per heavy atom. The molecule has 2 N–H and O–H groups in total. The molecular formula is C21H30IN7O2. The van der Waals surface area contributed by atoms with Crippen LogP contribution < -0.4 is 10.6 Å². The summed E-state index contributed by atoms with van der Waals surface area (Å²) in [6, 6.07) is 0. The van der Waals surface area contributed by atoms with Crippen molar-refractivity contribution < 1.29 is 9.59 Å². The zero-order chi connectivity index (χ0) is 20.7. The first-order chi connectivity index (χ1) is 14.7. The highest BCUT2D eigenvalue weighted by Gasteiger charge is 2.58. The van der Waals surface area contributed by atoms with Crippen molar-refractivity contribution >= 4 is 41.8 Å². The second-order valence-corrected chi connectivity index (χ2v) is 8.68. The molecule has 1 saturated carbocycles. The summed E-state index contributed by atoms with van der Waals surface area (Å²) in [5.41, 5.74) is 0. The van der Waals surface area contributed by atoms with E-state index >= 15 is 0 Å². The minimum Gasteiger partial charge on any atom is -0.356 e. The molecule has 2 aliphatic carbocycles. The number of aromatic nitrogens is 3. The molecule has 1 aromatic rings. The highest BCUT2D eigenvalue weighted by atomic mass is 127. The van der Waals surface area contributed by atoms with E-state index in [-0.39, 0.29) is 59.5 Å². The summed E-state index contributed by atoms with van der Waals surface area (Å²) >= 11 is 0. The van der Waals surface area contributed by atoms with E-state index in [0.29, 0.717) is 32.0 Å². The molecule has 2 fully saturated rings. The molecule has 3 heterocycles. The molecule has 1 aromatic heterocycles. The molecule has 5 rings (SSSR count). The van der Waals surface area contributed by atoms with Crippen molar-refractivity contribution in [2.75, 3.05) is 20.1 Å². The van der Waals surface area contributed by atoms with E-state index in [0.717, 1.165) is 37.5 Å². The van der Waals surface area contributed by atoms with Crippen molar-refractivity contribution in [1.29, 1.82) is 0 Å². The number of hydrogen-bond donors (Lipinski definition) is 2. The van der Waals surface area contributed by atoms with E-state index in [1.165, 1.54) is 11.3 Å². The Kier molecular flexibility index (Phi) is 6.63. The van der Waals surface area contributed by atoms with Crippen LogP contribution in [0.3, 0.4) is 0 Å². The Labute approximate surface area is 199 Å². The van der Waals surface area contributed by atoms with Crippen LogP contribution in [0.4, 0.5) is 0 Å². The largest absolute Gasteiger partial charge is 0.356 e. The van der Waals surface area contributed by atoms with Crippen LogP contribution in [0, 0.1) is 23.7 Å². The first-order valence-corrected chi connectivity index (χ1v) is 11.1. The lowest BCUT2D eigenvalue weighted by atomic mass is 9.85. The molecular weight excluding hydrogens is 509 g/mol. The van der Waals surface area contributed by atoms with Gasteiger partial charge in [0, 0.05) is 33.1 Å². The van der Waals surface area contributed by atoms with Gasteiger partial charge in [-0.1, -0.05) is 12.2 Å². The monoisotopic (exact) mass is 539 g/mol. The van der Waals surface area contributed by atoms with E-state index in [1.54, 1.807) is 7.05 Å². The lowest BCUT2D eigenvalue weighted by Crippen LogP contribution is -2.40. The molecule has 0 spiro atoms. The molecule has 2 bridgehead atoms. The van der Waals surface area contributed by atoms with Gasteiger partial charge in [0.2, 0.25) is 11.8 Å². The molecule has 4 aliphatic rings. The van der Waals surface area contributed by atoms with Gasteiger partial charge in [-0.3, -0.25) is 19.5 Å². The number of guanidine groups is 1. The summed E-state index contributed by atoms with van der Waals surface area (Å²) in [6.07, 6.45) is 9.26. The molecule has 31 heavy (non-hydrogen) atoms. The number of amides is 2. The molecule has 1 saturated heterocycles. The number of halogens is 1. The molecule has 2 aliphatic heterocycles. The van der Waals surface area contributed by atoms with Gasteiger partial charge in [0.05, 0.1) is 18.4 Å². The van der Waals surface area contributed by atoms with Gasteiger partial charge in [0.1, 0.15) is 5.82 Å². The van der Waals surface area contributed by atoms with Gasteiger partial charge in [0.15, 0.2) is 11.8 Å². The number of imide groups is 1. The molecule has 10 heteroatoms. The predicted molar refractivity (Wildman–Crippen MR) is 126 cm³/mol. The van der Waals surface area contributed by atoms with Crippen molar-refractivity contribution in [3.05, 3.63) is 23.8 Å². The molecule has 9 nitrogen and oxygen atoms in total. The number of nitrogens with one attached hydrogen (secondary N) is 2. The van der Waals surface area contributed by atoms with Crippen molar-refractivity contribution in [1.82, 2.24) is 30.3 Å². The number of hydrogen-bond acceptors (Lipinski definition) is 5. The number of carbonyl (C=O) groups excluding carboxylic acids is 2. The van der Waals surface area contributed by atoms with Crippen LogP contribution in [0.1, 0.15) is 37.3 Å². The van der Waals surface area contributed by atoms with Crippen molar-refractivity contribution in [3.8, 4) is 0 Å². The lowest BCUT2D eigenvalue weighted by Gasteiger charge is -2.18. The fraction of sp³-hybridized carbons (Fsp3) is 0.667. The molecule has 4 atom stereocenters. The van der Waals surface area contributed by atoms with E-state index < -0.39 is 0 Å². The second-order valence-electron chi connectivity index (χ2n) is 8.68. The highest BCUT2D eigenvalue weighted by molar-refractivity contribution is 14.0. The van der Waals surface area contributed by atoms with Crippen LogP contribution >= 0.6 is 24.0 Å². The number of likely N-dealkylation sites (tertiary alicyclic amines) is 1. The maximum atomic E-state index is 12.7. The summed E-state index contributed by atoms with van der Waals surface area (Å²) in [7, 11) is 1.73. The Morgan fingerprint density at radius 2 is 1.87 bits per heavy atom. The van der Waals surface area contributed by atoms with Gasteiger partial charge >= 0.3 is 0 Å². The van der Waals surface area contributed by atoms with Crippen molar-refractivity contribution in [2.45, 2.75) is 45.2 Å². The minimum absolute atomic E-state index is 0. The Hall–Kier alpha value is -1.98. The van der Waals surface area contributed by atoms with Crippen molar-refractivity contribution in [3.63, 3.8) is 0 Å². The van der Waals surface area contributed by atoms with E-state index in [9.17, 15) is 9.59 Å². The molecule has 0 radical (unpaired) electrons. The number of allylic oxidation sites excluding steroid dienone is 2. The van der Waals surface area contributed by atoms with E-state index in [1.807, 2.05) is 0 Å². The minimum atomic E-state index is -0.107. The van der Waals surface area contributed by atoms with E-state index in [4.69, 9.17) is 0 Å². The van der Waals surface area contributed by atoms with Crippen molar-refractivity contribution in [2.24, 2.45) is 28.7 Å². The highest BCUT2D eigenvalue weighted by Crippen LogP contribution is 2.52. The number of rotatable bonds is 6. The smallest absolute Gasteiger partial charge is 0.233 e. The van der Waals surface area contributed by atoms with E-state index in [2.05, 4.69) is 42.5 Å². The zero-order valence-electron chi connectivity index (χ0n) is 17.8. The third-order valence-electron chi connectivity index (χ3n) is 6.99. The Morgan fingerprint density at radius 1 is 1.13 bits per heavy atom. The first-order valence-electron chi connectivity index (χ1n) is 11.1. The number of aliphatic imine (C=N–C) groups is 1. The maximum absolute atomic E-state index is 12.7. The van der Waals surface area contributed by atoms with Crippen LogP contribution in [0.25, 0.3) is 0 Å². The first kappa shape index (κ1) is 22.2. The normalized spacial score (nSPS) is 28.5. The Bertz CT molecular complexity index is 882. The number of nitrogens with zero attached hydrogens (tertiary/aromatic N) is 5. The van der Waals surface area contributed by atoms with Crippen LogP contribution in [-0.2, 0) is 29.1 Å². The van der Waals surface area contributed by atoms with Gasteiger partial charge in [-0.2, -0.15) is 0 Å². The van der Waals surface area contributed by atoms with Gasteiger partial charge in [-0.15, -0.1) is 34.2 Å². The molecule has 4 unspecified atom stereocenters. The van der Waals surface area contributed by atoms with Crippen LogP contribution in [0.5, 0.6) is 0 Å². The fourth-order valence-corrected chi connectivity index (χ4v) is 5.51. The molecule has 168 valence electrons. The average Bonchev–Trinajstić information content (AvgIpc) is 3.52. The quantitative estimate of drug-likeness (QED) is 0.140. The second kappa shape index (κ2) is 9.25. The summed E-state index contributed by atoms with van der Waals surface area (Å²) in [6.45, 7) is 2.64. The van der Waals surface area contributed by atoms with Gasteiger partial charge < -0.3 is 15.2 Å². The fourth-order valence-electron chi connectivity index (χ4n) is 5.51. The van der Waals surface area contributed by atoms with Gasteiger partial charge in [0.25, 0.3) is 0 Å². The topological polar surface area (TPSA) is 105 Å². The number of fused-ring (bicyclic) bond motifs is 6. The van der Waals surface area contributed by atoms with Crippen LogP contribution in [-0.4, -0.2) is 57.6 Å². The number of aryl methyl sites for hydroxylation is 1. The third-order valence-corrected chi connectivity index (χ3v) is 6.99.